The van der Waals surface area contributed by atoms with Gasteiger partial charge in [0.15, 0.2) is 9.84 Å². The van der Waals surface area contributed by atoms with Gasteiger partial charge in [0, 0.05) is 21.5 Å². The molecule has 0 radical (unpaired) electrons. The van der Waals surface area contributed by atoms with Gasteiger partial charge in [0.25, 0.3) is 5.91 Å². The minimum Gasteiger partial charge on any atom is -0.351 e. The predicted octanol–water partition coefficient (Wildman–Crippen LogP) is 3.89. The van der Waals surface area contributed by atoms with Crippen molar-refractivity contribution in [2.45, 2.75) is 6.42 Å². The van der Waals surface area contributed by atoms with E-state index >= 15 is 0 Å². The second kappa shape index (κ2) is 7.04. The molecule has 1 aliphatic rings. The minimum atomic E-state index is -2.92. The van der Waals surface area contributed by atoms with E-state index in [0.717, 1.165) is 10.4 Å². The van der Waals surface area contributed by atoms with Crippen LogP contribution in [0.1, 0.15) is 16.1 Å². The standard InChI is InChI=1S/C16H15Cl2NO3S2/c17-12-5-11(6-13(18)7-12)14-1-2-15(23-14)16(20)19-8-10-3-4-24(21,22)9-10/h1-2,5-7,10H,3-4,8-9H2,(H,19,20). The van der Waals surface area contributed by atoms with Gasteiger partial charge < -0.3 is 5.32 Å². The third-order valence-electron chi connectivity index (χ3n) is 3.85. The summed E-state index contributed by atoms with van der Waals surface area (Å²) in [4.78, 5) is 13.7. The first-order valence-electron chi connectivity index (χ1n) is 7.37. The maximum atomic E-state index is 12.2. The van der Waals surface area contributed by atoms with Gasteiger partial charge in [-0.1, -0.05) is 23.2 Å². The molecule has 8 heteroatoms. The molecular weight excluding hydrogens is 389 g/mol. The summed E-state index contributed by atoms with van der Waals surface area (Å²) in [5, 5.41) is 3.90. The Hall–Kier alpha value is -1.08. The lowest BCUT2D eigenvalue weighted by Crippen LogP contribution is -2.29. The lowest BCUT2D eigenvalue weighted by molar-refractivity contribution is 0.0952. The maximum Gasteiger partial charge on any atom is 0.261 e. The Morgan fingerprint density at radius 2 is 1.92 bits per heavy atom. The highest BCUT2D eigenvalue weighted by atomic mass is 35.5. The van der Waals surface area contributed by atoms with E-state index in [-0.39, 0.29) is 23.3 Å². The van der Waals surface area contributed by atoms with Crippen LogP contribution in [0.2, 0.25) is 10.0 Å². The number of carbonyl (C=O) groups excluding carboxylic acids is 1. The summed E-state index contributed by atoms with van der Waals surface area (Å²) < 4.78 is 22.9. The second-order valence-corrected chi connectivity index (χ2v) is 9.99. The van der Waals surface area contributed by atoms with Gasteiger partial charge in [-0.2, -0.15) is 0 Å². The quantitative estimate of drug-likeness (QED) is 0.841. The van der Waals surface area contributed by atoms with Crippen molar-refractivity contribution in [2.75, 3.05) is 18.1 Å². The van der Waals surface area contributed by atoms with Crippen LogP contribution < -0.4 is 5.32 Å². The molecule has 1 saturated heterocycles. The molecule has 1 fully saturated rings. The lowest BCUT2D eigenvalue weighted by Gasteiger charge is -2.08. The predicted molar refractivity (Wildman–Crippen MR) is 98.9 cm³/mol. The molecule has 1 aliphatic heterocycles. The summed E-state index contributed by atoms with van der Waals surface area (Å²) in [6, 6.07) is 8.84. The zero-order valence-corrected chi connectivity index (χ0v) is 15.7. The number of carbonyl (C=O) groups is 1. The van der Waals surface area contributed by atoms with Gasteiger partial charge in [-0.15, -0.1) is 11.3 Å². The Labute approximate surface area is 154 Å². The van der Waals surface area contributed by atoms with Crippen LogP contribution >= 0.6 is 34.5 Å². The molecule has 1 amide bonds. The molecule has 0 aliphatic carbocycles. The first-order valence-corrected chi connectivity index (χ1v) is 10.8. The molecular formula is C16H15Cl2NO3S2. The largest absolute Gasteiger partial charge is 0.351 e. The number of benzene rings is 1. The summed E-state index contributed by atoms with van der Waals surface area (Å²) >= 11 is 13.4. The molecule has 0 spiro atoms. The molecule has 2 aromatic rings. The number of hydrogen-bond acceptors (Lipinski definition) is 4. The number of nitrogens with one attached hydrogen (secondary N) is 1. The zero-order valence-electron chi connectivity index (χ0n) is 12.6. The Bertz CT molecular complexity index is 857. The summed E-state index contributed by atoms with van der Waals surface area (Å²) in [6.07, 6.45) is 0.610. The number of rotatable bonds is 4. The number of thiophene rings is 1. The lowest BCUT2D eigenvalue weighted by atomic mass is 10.1. The Morgan fingerprint density at radius 3 is 2.54 bits per heavy atom. The zero-order chi connectivity index (χ0) is 17.3. The van der Waals surface area contributed by atoms with Crippen LogP contribution in [0.15, 0.2) is 30.3 Å². The van der Waals surface area contributed by atoms with Crippen molar-refractivity contribution in [1.82, 2.24) is 5.32 Å². The van der Waals surface area contributed by atoms with Gasteiger partial charge in [0.05, 0.1) is 16.4 Å². The number of amides is 1. The third-order valence-corrected chi connectivity index (χ3v) is 7.26. The van der Waals surface area contributed by atoms with Crippen LogP contribution in [-0.4, -0.2) is 32.4 Å². The molecule has 2 heterocycles. The molecule has 128 valence electrons. The van der Waals surface area contributed by atoms with Crippen molar-refractivity contribution < 1.29 is 13.2 Å². The summed E-state index contributed by atoms with van der Waals surface area (Å²) in [6.45, 7) is 0.383. The molecule has 1 N–H and O–H groups in total. The first-order chi connectivity index (χ1) is 11.3. The summed E-state index contributed by atoms with van der Waals surface area (Å²) in [7, 11) is -2.92. The van der Waals surface area contributed by atoms with Crippen molar-refractivity contribution in [3.05, 3.63) is 45.3 Å². The van der Waals surface area contributed by atoms with E-state index in [4.69, 9.17) is 23.2 Å². The van der Waals surface area contributed by atoms with E-state index in [9.17, 15) is 13.2 Å². The highest BCUT2D eigenvalue weighted by Crippen LogP contribution is 2.32. The number of sulfone groups is 1. The Balaban J connectivity index is 1.65. The fraction of sp³-hybridized carbons (Fsp3) is 0.312. The van der Waals surface area contributed by atoms with Gasteiger partial charge in [0.1, 0.15) is 0 Å². The maximum absolute atomic E-state index is 12.2. The number of halogens is 2. The van der Waals surface area contributed by atoms with Crippen molar-refractivity contribution >= 4 is 50.3 Å². The molecule has 4 nitrogen and oxygen atoms in total. The van der Waals surface area contributed by atoms with Crippen molar-refractivity contribution in [2.24, 2.45) is 5.92 Å². The third kappa shape index (κ3) is 4.30. The molecule has 1 atom stereocenters. The van der Waals surface area contributed by atoms with Crippen LogP contribution in [0, 0.1) is 5.92 Å². The number of hydrogen-bond donors (Lipinski definition) is 1. The molecule has 1 unspecified atom stereocenters. The fourth-order valence-corrected chi connectivity index (χ4v) is 5.97. The van der Waals surface area contributed by atoms with Gasteiger partial charge in [-0.3, -0.25) is 4.79 Å². The molecule has 24 heavy (non-hydrogen) atoms. The van der Waals surface area contributed by atoms with E-state index in [1.807, 2.05) is 6.07 Å². The van der Waals surface area contributed by atoms with Gasteiger partial charge in [-0.25, -0.2) is 8.42 Å². The Morgan fingerprint density at radius 1 is 1.21 bits per heavy atom. The van der Waals surface area contributed by atoms with Crippen LogP contribution in [0.4, 0.5) is 0 Å². The van der Waals surface area contributed by atoms with Crippen LogP contribution in [0.5, 0.6) is 0 Å². The fourth-order valence-electron chi connectivity index (χ4n) is 2.67. The van der Waals surface area contributed by atoms with E-state index in [0.29, 0.717) is 27.9 Å². The second-order valence-electron chi connectivity index (χ2n) is 5.80. The van der Waals surface area contributed by atoms with E-state index in [1.165, 1.54) is 11.3 Å². The van der Waals surface area contributed by atoms with E-state index in [1.54, 1.807) is 24.3 Å². The first kappa shape index (κ1) is 17.7. The summed E-state index contributed by atoms with van der Waals surface area (Å²) in [5.41, 5.74) is 0.860. The van der Waals surface area contributed by atoms with E-state index in [2.05, 4.69) is 5.32 Å². The van der Waals surface area contributed by atoms with Crippen LogP contribution in [-0.2, 0) is 9.84 Å². The average molecular weight is 404 g/mol. The van der Waals surface area contributed by atoms with E-state index < -0.39 is 9.84 Å². The average Bonchev–Trinajstić information content (AvgIpc) is 3.10. The van der Waals surface area contributed by atoms with Gasteiger partial charge >= 0.3 is 0 Å². The molecule has 3 rings (SSSR count). The van der Waals surface area contributed by atoms with Gasteiger partial charge in [-0.05, 0) is 48.2 Å². The smallest absolute Gasteiger partial charge is 0.261 e. The monoisotopic (exact) mass is 403 g/mol. The van der Waals surface area contributed by atoms with Crippen LogP contribution in [0.3, 0.4) is 0 Å². The molecule has 1 aromatic carbocycles. The highest BCUT2D eigenvalue weighted by molar-refractivity contribution is 7.91. The molecule has 0 bridgehead atoms. The summed E-state index contributed by atoms with van der Waals surface area (Å²) in [5.74, 6) is 0.185. The van der Waals surface area contributed by atoms with Crippen molar-refractivity contribution in [3.8, 4) is 10.4 Å². The van der Waals surface area contributed by atoms with Gasteiger partial charge in [0.2, 0.25) is 0 Å². The SMILES string of the molecule is O=C(NCC1CCS(=O)(=O)C1)c1ccc(-c2cc(Cl)cc(Cl)c2)s1. The minimum absolute atomic E-state index is 0.00474. The Kier molecular flexibility index (Phi) is 5.20. The van der Waals surface area contributed by atoms with Crippen LogP contribution in [0.25, 0.3) is 10.4 Å². The highest BCUT2D eigenvalue weighted by Gasteiger charge is 2.28. The normalized spacial score (nSPS) is 19.3. The van der Waals surface area contributed by atoms with Crippen molar-refractivity contribution in [3.63, 3.8) is 0 Å². The topological polar surface area (TPSA) is 63.2 Å². The molecule has 1 aromatic heterocycles. The van der Waals surface area contributed by atoms with Crippen molar-refractivity contribution in [1.29, 1.82) is 0 Å². The molecule has 0 saturated carbocycles.